The van der Waals surface area contributed by atoms with Crippen LogP contribution in [0.5, 0.6) is 5.75 Å². The van der Waals surface area contributed by atoms with Crippen molar-refractivity contribution in [3.63, 3.8) is 0 Å². The van der Waals surface area contributed by atoms with Crippen LogP contribution in [-0.2, 0) is 17.8 Å². The number of aryl methyl sites for hydroxylation is 1. The maximum atomic E-state index is 11.8. The van der Waals surface area contributed by atoms with Gasteiger partial charge in [0.05, 0.1) is 24.9 Å². The summed E-state index contributed by atoms with van der Waals surface area (Å²) < 4.78 is 0. The maximum absolute atomic E-state index is 11.8. The summed E-state index contributed by atoms with van der Waals surface area (Å²) in [4.78, 5) is 15.7. The molecule has 22 heavy (non-hydrogen) atoms. The van der Waals surface area contributed by atoms with Crippen molar-refractivity contribution in [2.75, 3.05) is 0 Å². The predicted octanol–water partition coefficient (Wildman–Crippen LogP) is 1.28. The molecule has 3 N–H and O–H groups in total. The Morgan fingerprint density at radius 1 is 1.36 bits per heavy atom. The van der Waals surface area contributed by atoms with E-state index in [0.717, 1.165) is 5.56 Å². The van der Waals surface area contributed by atoms with Gasteiger partial charge in [-0.1, -0.05) is 30.3 Å². The molecular formula is C16H17N3O3. The van der Waals surface area contributed by atoms with E-state index in [2.05, 4.69) is 15.5 Å². The standard InChI is InChI=1S/C16H17N3O3/c1-11-16(22)14(13(10-20)8-17-11)9-18-19-15(21)7-12-5-3-2-4-6-12/h2-6,8-9,20,22H,7,10H2,1H3,(H,19,21)/b18-9+. The smallest absolute Gasteiger partial charge is 0.244 e. The number of nitrogens with zero attached hydrogens (tertiary/aromatic N) is 2. The number of hydrogen-bond acceptors (Lipinski definition) is 5. The molecule has 0 fully saturated rings. The molecule has 0 aliphatic carbocycles. The summed E-state index contributed by atoms with van der Waals surface area (Å²) in [6.45, 7) is 1.36. The fraction of sp³-hybridized carbons (Fsp3) is 0.188. The summed E-state index contributed by atoms with van der Waals surface area (Å²) in [5.74, 6) is -0.328. The van der Waals surface area contributed by atoms with Gasteiger partial charge in [0, 0.05) is 17.3 Å². The highest BCUT2D eigenvalue weighted by Gasteiger charge is 2.09. The monoisotopic (exact) mass is 299 g/mol. The molecule has 0 aliphatic rings. The van der Waals surface area contributed by atoms with Crippen LogP contribution < -0.4 is 5.43 Å². The first-order chi connectivity index (χ1) is 10.6. The Bertz CT molecular complexity index is 685. The number of aliphatic hydroxyl groups is 1. The molecule has 114 valence electrons. The molecule has 0 unspecified atom stereocenters. The summed E-state index contributed by atoms with van der Waals surface area (Å²) >= 11 is 0. The lowest BCUT2D eigenvalue weighted by Gasteiger charge is -2.07. The zero-order valence-corrected chi connectivity index (χ0v) is 12.2. The van der Waals surface area contributed by atoms with Crippen LogP contribution in [0.3, 0.4) is 0 Å². The Morgan fingerprint density at radius 3 is 2.77 bits per heavy atom. The molecule has 2 rings (SSSR count). The van der Waals surface area contributed by atoms with Gasteiger partial charge in [0.1, 0.15) is 5.75 Å². The molecule has 0 aliphatic heterocycles. The minimum Gasteiger partial charge on any atom is -0.505 e. The average Bonchev–Trinajstić information content (AvgIpc) is 2.52. The molecule has 0 bridgehead atoms. The molecule has 1 amide bonds. The van der Waals surface area contributed by atoms with Gasteiger partial charge in [0.15, 0.2) is 0 Å². The topological polar surface area (TPSA) is 94.8 Å². The molecule has 0 atom stereocenters. The van der Waals surface area contributed by atoms with E-state index in [1.165, 1.54) is 12.4 Å². The Kier molecular flexibility index (Phi) is 5.21. The molecule has 2 aromatic rings. The van der Waals surface area contributed by atoms with Gasteiger partial charge in [-0.3, -0.25) is 9.78 Å². The predicted molar refractivity (Wildman–Crippen MR) is 82.4 cm³/mol. The van der Waals surface area contributed by atoms with Crippen LogP contribution in [0, 0.1) is 6.92 Å². The molecular weight excluding hydrogens is 282 g/mol. The fourth-order valence-electron chi connectivity index (χ4n) is 1.91. The third-order valence-corrected chi connectivity index (χ3v) is 3.12. The minimum absolute atomic E-state index is 0.0624. The Hall–Kier alpha value is -2.73. The van der Waals surface area contributed by atoms with E-state index in [4.69, 9.17) is 0 Å². The number of carbonyl (C=O) groups is 1. The summed E-state index contributed by atoms with van der Waals surface area (Å²) in [5.41, 5.74) is 4.48. The second-order valence-corrected chi connectivity index (χ2v) is 4.74. The minimum atomic E-state index is -0.278. The average molecular weight is 299 g/mol. The first-order valence-corrected chi connectivity index (χ1v) is 6.76. The normalized spacial score (nSPS) is 10.8. The van der Waals surface area contributed by atoms with Gasteiger partial charge in [-0.15, -0.1) is 0 Å². The Morgan fingerprint density at radius 2 is 2.09 bits per heavy atom. The quantitative estimate of drug-likeness (QED) is 0.572. The number of aromatic nitrogens is 1. The second kappa shape index (κ2) is 7.33. The Labute approximate surface area is 128 Å². The van der Waals surface area contributed by atoms with E-state index < -0.39 is 0 Å². The number of hydrogen-bond donors (Lipinski definition) is 3. The molecule has 0 radical (unpaired) electrons. The van der Waals surface area contributed by atoms with E-state index in [1.54, 1.807) is 6.92 Å². The van der Waals surface area contributed by atoms with Crippen LogP contribution in [0.2, 0.25) is 0 Å². The van der Waals surface area contributed by atoms with Crippen molar-refractivity contribution in [1.29, 1.82) is 0 Å². The summed E-state index contributed by atoms with van der Waals surface area (Å²) in [6.07, 6.45) is 2.98. The van der Waals surface area contributed by atoms with Crippen LogP contribution in [0.15, 0.2) is 41.6 Å². The van der Waals surface area contributed by atoms with Crippen molar-refractivity contribution in [3.8, 4) is 5.75 Å². The molecule has 1 heterocycles. The van der Waals surface area contributed by atoms with Crippen molar-refractivity contribution in [1.82, 2.24) is 10.4 Å². The zero-order valence-electron chi connectivity index (χ0n) is 12.2. The SMILES string of the molecule is Cc1ncc(CO)c(/C=N/NC(=O)Cc2ccccc2)c1O. The number of amides is 1. The van der Waals surface area contributed by atoms with Crippen LogP contribution in [0.4, 0.5) is 0 Å². The van der Waals surface area contributed by atoms with Gasteiger partial charge in [-0.25, -0.2) is 5.43 Å². The van der Waals surface area contributed by atoms with Gasteiger partial charge in [-0.2, -0.15) is 5.10 Å². The maximum Gasteiger partial charge on any atom is 0.244 e. The highest BCUT2D eigenvalue weighted by Crippen LogP contribution is 2.21. The number of aromatic hydroxyl groups is 1. The number of carbonyl (C=O) groups excluding carboxylic acids is 1. The fourth-order valence-corrected chi connectivity index (χ4v) is 1.91. The van der Waals surface area contributed by atoms with E-state index in [0.29, 0.717) is 16.8 Å². The van der Waals surface area contributed by atoms with Crippen LogP contribution in [0.1, 0.15) is 22.4 Å². The van der Waals surface area contributed by atoms with Crippen molar-refractivity contribution < 1.29 is 15.0 Å². The lowest BCUT2D eigenvalue weighted by Crippen LogP contribution is -2.19. The molecule has 6 nitrogen and oxygen atoms in total. The lowest BCUT2D eigenvalue weighted by molar-refractivity contribution is -0.120. The number of hydrazone groups is 1. The number of nitrogens with one attached hydrogen (secondary N) is 1. The van der Waals surface area contributed by atoms with Crippen LogP contribution in [-0.4, -0.2) is 27.3 Å². The number of benzene rings is 1. The van der Waals surface area contributed by atoms with Crippen molar-refractivity contribution >= 4 is 12.1 Å². The summed E-state index contributed by atoms with van der Waals surface area (Å²) in [5, 5.41) is 23.0. The van der Waals surface area contributed by atoms with E-state index >= 15 is 0 Å². The highest BCUT2D eigenvalue weighted by molar-refractivity contribution is 5.87. The second-order valence-electron chi connectivity index (χ2n) is 4.74. The zero-order chi connectivity index (χ0) is 15.9. The summed E-state index contributed by atoms with van der Waals surface area (Å²) in [7, 11) is 0. The summed E-state index contributed by atoms with van der Waals surface area (Å²) in [6, 6.07) is 9.30. The lowest BCUT2D eigenvalue weighted by atomic mass is 10.1. The third kappa shape index (κ3) is 3.89. The van der Waals surface area contributed by atoms with Crippen molar-refractivity contribution in [2.24, 2.45) is 5.10 Å². The molecule has 1 aromatic carbocycles. The highest BCUT2D eigenvalue weighted by atomic mass is 16.3. The third-order valence-electron chi connectivity index (χ3n) is 3.12. The molecule has 0 saturated heterocycles. The molecule has 0 saturated carbocycles. The molecule has 6 heteroatoms. The number of rotatable bonds is 5. The van der Waals surface area contributed by atoms with Crippen molar-refractivity contribution in [3.05, 3.63) is 58.9 Å². The van der Waals surface area contributed by atoms with Crippen LogP contribution in [0.25, 0.3) is 0 Å². The number of pyridine rings is 1. The van der Waals surface area contributed by atoms with Gasteiger partial charge in [0.2, 0.25) is 5.91 Å². The Balaban J connectivity index is 2.04. The van der Waals surface area contributed by atoms with Crippen molar-refractivity contribution in [2.45, 2.75) is 20.0 Å². The first-order valence-electron chi connectivity index (χ1n) is 6.76. The molecule has 1 aromatic heterocycles. The van der Waals surface area contributed by atoms with E-state index in [9.17, 15) is 15.0 Å². The van der Waals surface area contributed by atoms with Gasteiger partial charge in [-0.05, 0) is 12.5 Å². The van der Waals surface area contributed by atoms with Gasteiger partial charge < -0.3 is 10.2 Å². The van der Waals surface area contributed by atoms with Gasteiger partial charge >= 0.3 is 0 Å². The van der Waals surface area contributed by atoms with E-state index in [-0.39, 0.29) is 24.7 Å². The largest absolute Gasteiger partial charge is 0.505 e. The number of aliphatic hydroxyl groups excluding tert-OH is 1. The molecule has 0 spiro atoms. The van der Waals surface area contributed by atoms with Crippen LogP contribution >= 0.6 is 0 Å². The van der Waals surface area contributed by atoms with Gasteiger partial charge in [0.25, 0.3) is 0 Å². The first kappa shape index (κ1) is 15.7. The van der Waals surface area contributed by atoms with E-state index in [1.807, 2.05) is 30.3 Å².